The first kappa shape index (κ1) is 18.9. The molecule has 1 heterocycles. The van der Waals surface area contributed by atoms with Gasteiger partial charge in [-0.1, -0.05) is 35.5 Å². The van der Waals surface area contributed by atoms with E-state index in [0.29, 0.717) is 10.7 Å². The van der Waals surface area contributed by atoms with Crippen LogP contribution in [0.5, 0.6) is 0 Å². The minimum absolute atomic E-state index is 0.110. The van der Waals surface area contributed by atoms with Gasteiger partial charge in [0, 0.05) is 14.8 Å². The molecule has 7 nitrogen and oxygen atoms in total. The number of anilines is 1. The molecule has 0 fully saturated rings. The smallest absolute Gasteiger partial charge is 0.309 e. The fourth-order valence-electron chi connectivity index (χ4n) is 2.39. The predicted octanol–water partition coefficient (Wildman–Crippen LogP) is 4.54. The number of nitro groups is 1. The number of aryl methyl sites for hydroxylation is 1. The monoisotopic (exact) mass is 402 g/mol. The lowest BCUT2D eigenvalue weighted by Gasteiger charge is -2.11. The number of hydrogen-bond acceptors (Lipinski definition) is 5. The summed E-state index contributed by atoms with van der Waals surface area (Å²) in [5.74, 6) is -0.323. The number of carbonyl (C=O) groups is 1. The van der Waals surface area contributed by atoms with Crippen LogP contribution >= 0.6 is 23.4 Å². The number of para-hydroxylation sites is 1. The summed E-state index contributed by atoms with van der Waals surface area (Å²) in [7, 11) is 0. The first-order chi connectivity index (χ1) is 12.9. The first-order valence-electron chi connectivity index (χ1n) is 7.93. The minimum Gasteiger partial charge on any atom is -0.323 e. The molecule has 0 spiro atoms. The Bertz CT molecular complexity index is 989. The predicted molar refractivity (Wildman–Crippen MR) is 104 cm³/mol. The molecule has 0 radical (unpaired) electrons. The van der Waals surface area contributed by atoms with Gasteiger partial charge in [0.2, 0.25) is 5.91 Å². The highest BCUT2D eigenvalue weighted by molar-refractivity contribution is 7.99. The summed E-state index contributed by atoms with van der Waals surface area (Å²) in [5.41, 5.74) is 0.814. The van der Waals surface area contributed by atoms with Crippen LogP contribution < -0.4 is 5.32 Å². The van der Waals surface area contributed by atoms with Crippen molar-refractivity contribution in [2.45, 2.75) is 23.3 Å². The summed E-state index contributed by atoms with van der Waals surface area (Å²) in [6.45, 7) is 1.42. The van der Waals surface area contributed by atoms with Gasteiger partial charge in [0.25, 0.3) is 0 Å². The van der Waals surface area contributed by atoms with Crippen LogP contribution in [0.2, 0.25) is 5.02 Å². The standard InChI is InChI=1S/C18H15ClN4O3S/c1-12-16(23(25)26)10-22(21-12)11-18(24)20-15-4-2-3-5-17(15)27-14-8-6-13(19)7-9-14/h2-10H,11H2,1H3,(H,20,24). The second kappa shape index (κ2) is 8.24. The van der Waals surface area contributed by atoms with E-state index in [9.17, 15) is 14.9 Å². The van der Waals surface area contributed by atoms with Crippen molar-refractivity contribution in [2.24, 2.45) is 0 Å². The second-order valence-corrected chi connectivity index (χ2v) is 7.21. The number of halogens is 1. The van der Waals surface area contributed by atoms with Gasteiger partial charge in [-0.3, -0.25) is 19.6 Å². The summed E-state index contributed by atoms with van der Waals surface area (Å²) in [5, 5.41) is 18.4. The van der Waals surface area contributed by atoms with E-state index in [-0.39, 0.29) is 23.8 Å². The van der Waals surface area contributed by atoms with E-state index < -0.39 is 4.92 Å². The fourth-order valence-corrected chi connectivity index (χ4v) is 3.42. The maximum atomic E-state index is 12.4. The van der Waals surface area contributed by atoms with Crippen molar-refractivity contribution >= 4 is 40.6 Å². The Morgan fingerprint density at radius 2 is 1.96 bits per heavy atom. The third-order valence-corrected chi connectivity index (χ3v) is 4.96. The van der Waals surface area contributed by atoms with Crippen LogP contribution in [0.25, 0.3) is 0 Å². The van der Waals surface area contributed by atoms with E-state index in [0.717, 1.165) is 9.79 Å². The Morgan fingerprint density at radius 3 is 2.63 bits per heavy atom. The van der Waals surface area contributed by atoms with Gasteiger partial charge in [0.1, 0.15) is 18.4 Å². The van der Waals surface area contributed by atoms with Gasteiger partial charge >= 0.3 is 5.69 Å². The molecule has 0 aliphatic heterocycles. The summed E-state index contributed by atoms with van der Waals surface area (Å²) < 4.78 is 1.26. The van der Waals surface area contributed by atoms with Crippen molar-refractivity contribution in [3.05, 3.63) is 75.6 Å². The Labute approximate surface area is 164 Å². The van der Waals surface area contributed by atoms with Crippen molar-refractivity contribution in [3.63, 3.8) is 0 Å². The molecular formula is C18H15ClN4O3S. The SMILES string of the molecule is Cc1nn(CC(=O)Nc2ccccc2Sc2ccc(Cl)cc2)cc1[N+](=O)[O-]. The number of benzene rings is 2. The van der Waals surface area contributed by atoms with Gasteiger partial charge in [-0.2, -0.15) is 5.10 Å². The largest absolute Gasteiger partial charge is 0.323 e. The Morgan fingerprint density at radius 1 is 1.26 bits per heavy atom. The van der Waals surface area contributed by atoms with Crippen molar-refractivity contribution in [3.8, 4) is 0 Å². The molecule has 27 heavy (non-hydrogen) atoms. The van der Waals surface area contributed by atoms with E-state index in [1.54, 1.807) is 18.2 Å². The molecule has 0 unspecified atom stereocenters. The van der Waals surface area contributed by atoms with E-state index in [2.05, 4.69) is 10.4 Å². The maximum absolute atomic E-state index is 12.4. The Kier molecular flexibility index (Phi) is 5.78. The van der Waals surface area contributed by atoms with Crippen LogP contribution in [-0.4, -0.2) is 20.6 Å². The number of nitrogens with one attached hydrogen (secondary N) is 1. The highest BCUT2D eigenvalue weighted by Gasteiger charge is 2.17. The van der Waals surface area contributed by atoms with E-state index in [1.807, 2.05) is 30.3 Å². The summed E-state index contributed by atoms with van der Waals surface area (Å²) in [6.07, 6.45) is 1.25. The average Bonchev–Trinajstić information content (AvgIpc) is 2.99. The van der Waals surface area contributed by atoms with Gasteiger partial charge < -0.3 is 5.32 Å². The van der Waals surface area contributed by atoms with E-state index in [4.69, 9.17) is 11.6 Å². The fraction of sp³-hybridized carbons (Fsp3) is 0.111. The minimum atomic E-state index is -0.519. The topological polar surface area (TPSA) is 90.1 Å². The van der Waals surface area contributed by atoms with Gasteiger partial charge in [-0.25, -0.2) is 0 Å². The lowest BCUT2D eigenvalue weighted by molar-refractivity contribution is -0.385. The molecule has 0 saturated carbocycles. The van der Waals surface area contributed by atoms with Gasteiger partial charge in [-0.05, 0) is 43.3 Å². The summed E-state index contributed by atoms with van der Waals surface area (Å²) >= 11 is 7.40. The van der Waals surface area contributed by atoms with Crippen molar-refractivity contribution in [1.29, 1.82) is 0 Å². The first-order valence-corrected chi connectivity index (χ1v) is 9.12. The lowest BCUT2D eigenvalue weighted by Crippen LogP contribution is -2.19. The van der Waals surface area contributed by atoms with Crippen LogP contribution in [0.3, 0.4) is 0 Å². The van der Waals surface area contributed by atoms with Crippen LogP contribution in [0, 0.1) is 17.0 Å². The van der Waals surface area contributed by atoms with Crippen LogP contribution in [0.4, 0.5) is 11.4 Å². The van der Waals surface area contributed by atoms with Crippen LogP contribution in [-0.2, 0) is 11.3 Å². The van der Waals surface area contributed by atoms with Crippen molar-refractivity contribution in [2.75, 3.05) is 5.32 Å². The summed E-state index contributed by atoms with van der Waals surface area (Å²) in [4.78, 5) is 24.6. The molecule has 2 aromatic carbocycles. The molecule has 9 heteroatoms. The highest BCUT2D eigenvalue weighted by Crippen LogP contribution is 2.33. The molecule has 3 rings (SSSR count). The molecule has 0 atom stereocenters. The Balaban J connectivity index is 1.71. The zero-order chi connectivity index (χ0) is 19.4. The summed E-state index contributed by atoms with van der Waals surface area (Å²) in [6, 6.07) is 14.8. The number of nitrogens with zero attached hydrogens (tertiary/aromatic N) is 3. The number of carbonyl (C=O) groups excluding carboxylic acids is 1. The molecular weight excluding hydrogens is 388 g/mol. The highest BCUT2D eigenvalue weighted by atomic mass is 35.5. The number of hydrogen-bond donors (Lipinski definition) is 1. The molecule has 0 aliphatic rings. The van der Waals surface area contributed by atoms with Crippen LogP contribution in [0.1, 0.15) is 5.69 Å². The number of amides is 1. The third-order valence-electron chi connectivity index (χ3n) is 3.63. The van der Waals surface area contributed by atoms with Gasteiger partial charge in [0.05, 0.1) is 10.6 Å². The molecule has 1 aromatic heterocycles. The van der Waals surface area contributed by atoms with Crippen LogP contribution in [0.15, 0.2) is 64.5 Å². The zero-order valence-corrected chi connectivity index (χ0v) is 15.8. The lowest BCUT2D eigenvalue weighted by atomic mass is 10.3. The molecule has 138 valence electrons. The van der Waals surface area contributed by atoms with Crippen molar-refractivity contribution < 1.29 is 9.72 Å². The quantitative estimate of drug-likeness (QED) is 0.482. The second-order valence-electron chi connectivity index (χ2n) is 5.65. The van der Waals surface area contributed by atoms with Crippen molar-refractivity contribution in [1.82, 2.24) is 9.78 Å². The molecule has 0 saturated heterocycles. The zero-order valence-electron chi connectivity index (χ0n) is 14.3. The Hall–Kier alpha value is -2.84. The maximum Gasteiger partial charge on any atom is 0.309 e. The molecule has 1 N–H and O–H groups in total. The van der Waals surface area contributed by atoms with Gasteiger partial charge in [0.15, 0.2) is 0 Å². The molecule has 0 bridgehead atoms. The average molecular weight is 403 g/mol. The molecule has 0 aliphatic carbocycles. The number of aromatic nitrogens is 2. The number of rotatable bonds is 6. The normalized spacial score (nSPS) is 10.6. The van der Waals surface area contributed by atoms with E-state index >= 15 is 0 Å². The molecule has 1 amide bonds. The van der Waals surface area contributed by atoms with E-state index in [1.165, 1.54) is 29.6 Å². The van der Waals surface area contributed by atoms with Gasteiger partial charge in [-0.15, -0.1) is 0 Å². The molecule has 3 aromatic rings. The third kappa shape index (κ3) is 4.87.